The lowest BCUT2D eigenvalue weighted by molar-refractivity contribution is -0.250. The molecule has 9 rings (SSSR count). The standard InChI is InChI=1S/C61H42O37/c62-26-1-18(2-27(63)43(26)74)53(82)91-38-13-22(9-34(70)47(38)78)57(86)95-42-17-90-61(98-60(89)25-12-37(73)50(81)41(16-25)94-56(85)21-7-32(68)46(77)33(69)8-21)52(97-59(88)24-11-36(72)49(80)40(15-24)93-55(84)20-5-30(66)45(76)31(67)6-20)51(42)96-58(87)23-10-35(71)48(79)39(14-23)92-54(83)19-3-28(64)44(75)29(65)4-19/h1-16,42,51-52,61-81H,17H2/t42-,51+,52-,61-/m1/s1. The largest absolute Gasteiger partial charge is 0.504 e. The quantitative estimate of drug-likeness (QED) is 0.0282. The average molecular weight is 1370 g/mol. The lowest BCUT2D eigenvalue weighted by Gasteiger charge is -2.40. The van der Waals surface area contributed by atoms with Crippen LogP contribution in [-0.4, -0.2) is 181 Å². The van der Waals surface area contributed by atoms with E-state index in [-0.39, 0.29) is 0 Å². The summed E-state index contributed by atoms with van der Waals surface area (Å²) in [5, 5.41) is 205. The van der Waals surface area contributed by atoms with Gasteiger partial charge in [0, 0.05) is 0 Å². The molecule has 4 atom stereocenters. The Labute approximate surface area is 540 Å². The average Bonchev–Trinajstić information content (AvgIpc) is 0.787. The van der Waals surface area contributed by atoms with Crippen molar-refractivity contribution < 1.29 is 183 Å². The summed E-state index contributed by atoms with van der Waals surface area (Å²) in [5.74, 6) is -41.1. The van der Waals surface area contributed by atoms with E-state index in [1.165, 1.54) is 0 Å². The van der Waals surface area contributed by atoms with Crippen LogP contribution < -0.4 is 18.9 Å². The molecule has 37 heteroatoms. The highest BCUT2D eigenvalue weighted by Gasteiger charge is 2.50. The second kappa shape index (κ2) is 26.6. The summed E-state index contributed by atoms with van der Waals surface area (Å²) in [5.41, 5.74) is -6.85. The van der Waals surface area contributed by atoms with E-state index in [4.69, 9.17) is 42.6 Å². The first-order chi connectivity index (χ1) is 46.1. The van der Waals surface area contributed by atoms with Crippen LogP contribution in [0.1, 0.15) is 82.9 Å². The Bertz CT molecular complexity index is 4300. The Kier molecular flexibility index (Phi) is 18.4. The number of esters is 8. The van der Waals surface area contributed by atoms with Gasteiger partial charge in [-0.25, -0.2) is 38.4 Å². The summed E-state index contributed by atoms with van der Waals surface area (Å²) >= 11 is 0. The SMILES string of the molecule is O=C(Oc1cc(C(=O)O[C@H]2OC[C@@H](OC(=O)c3cc(O)c(O)c(OC(=O)c4cc(O)c(O)c(O)c4)c3)[C@H](OC(=O)c3cc(O)c(O)c(OC(=O)c4cc(O)c(O)c(O)c4)c3)[C@H]2OC(=O)c2cc(O)c(O)c(OC(=O)c3cc(O)c(O)c(O)c3)c2)cc(O)c1O)c1cc(O)c(O)c(O)c1. The fourth-order valence-corrected chi connectivity index (χ4v) is 8.65. The molecule has 0 aromatic heterocycles. The molecule has 20 N–H and O–H groups in total. The summed E-state index contributed by atoms with van der Waals surface area (Å²) in [6, 6.07) is 8.26. The zero-order valence-corrected chi connectivity index (χ0v) is 48.1. The van der Waals surface area contributed by atoms with Gasteiger partial charge in [0.05, 0.1) is 51.1 Å². The van der Waals surface area contributed by atoms with E-state index in [9.17, 15) is 140 Å². The van der Waals surface area contributed by atoms with Crippen LogP contribution in [0.4, 0.5) is 0 Å². The number of rotatable bonds is 16. The van der Waals surface area contributed by atoms with Crippen molar-refractivity contribution in [2.45, 2.75) is 24.6 Å². The van der Waals surface area contributed by atoms with Crippen molar-refractivity contribution in [3.05, 3.63) is 142 Å². The minimum Gasteiger partial charge on any atom is -0.504 e. The van der Waals surface area contributed by atoms with E-state index < -0.39 is 261 Å². The summed E-state index contributed by atoms with van der Waals surface area (Å²) < 4.78 is 48.5. The molecule has 0 aliphatic carbocycles. The molecule has 1 aliphatic heterocycles. The zero-order valence-electron chi connectivity index (χ0n) is 48.1. The van der Waals surface area contributed by atoms with Crippen molar-refractivity contribution in [1.29, 1.82) is 0 Å². The summed E-state index contributed by atoms with van der Waals surface area (Å²) in [6.07, 6.45) is -10.4. The Balaban J connectivity index is 1.13. The third-order valence-electron chi connectivity index (χ3n) is 13.5. The molecule has 0 amide bonds. The molecule has 0 spiro atoms. The Hall–Kier alpha value is -14.5. The first-order valence-corrected chi connectivity index (χ1v) is 26.7. The number of carbonyl (C=O) groups excluding carboxylic acids is 8. The van der Waals surface area contributed by atoms with Gasteiger partial charge in [-0.05, 0) is 97.1 Å². The maximum absolute atomic E-state index is 14.6. The molecule has 1 saturated heterocycles. The van der Waals surface area contributed by atoms with Crippen molar-refractivity contribution >= 4 is 47.8 Å². The molecule has 8 aromatic carbocycles. The monoisotopic (exact) mass is 1370 g/mol. The van der Waals surface area contributed by atoms with Gasteiger partial charge in [0.1, 0.15) is 0 Å². The number of benzene rings is 8. The van der Waals surface area contributed by atoms with Crippen LogP contribution in [0.3, 0.4) is 0 Å². The van der Waals surface area contributed by atoms with E-state index in [0.717, 1.165) is 0 Å². The second-order valence-electron chi connectivity index (χ2n) is 20.2. The summed E-state index contributed by atoms with van der Waals surface area (Å²) in [6.45, 7) is -1.27. The predicted molar refractivity (Wildman–Crippen MR) is 307 cm³/mol. The third kappa shape index (κ3) is 14.0. The fraction of sp³-hybridized carbons (Fsp3) is 0.0820. The van der Waals surface area contributed by atoms with Crippen LogP contribution in [0, 0.1) is 0 Å². The Morgan fingerprint density at radius 1 is 0.245 bits per heavy atom. The number of ether oxygens (including phenoxy) is 9. The number of hydrogen-bond acceptors (Lipinski definition) is 37. The molecule has 508 valence electrons. The lowest BCUT2D eigenvalue weighted by Crippen LogP contribution is -2.58. The van der Waals surface area contributed by atoms with Crippen LogP contribution in [-0.2, 0) is 23.7 Å². The highest BCUT2D eigenvalue weighted by atomic mass is 16.7. The van der Waals surface area contributed by atoms with Crippen molar-refractivity contribution in [2.75, 3.05) is 6.61 Å². The number of phenols is 20. The molecule has 8 aromatic rings. The van der Waals surface area contributed by atoms with Gasteiger partial charge >= 0.3 is 47.8 Å². The molecular formula is C61H42O37. The molecule has 0 unspecified atom stereocenters. The number of carbonyl (C=O) groups is 8. The number of hydrogen-bond donors (Lipinski definition) is 20. The second-order valence-corrected chi connectivity index (χ2v) is 20.2. The molecule has 0 bridgehead atoms. The third-order valence-corrected chi connectivity index (χ3v) is 13.5. The van der Waals surface area contributed by atoms with Crippen LogP contribution in [0.15, 0.2) is 97.1 Å². The van der Waals surface area contributed by atoms with E-state index in [1.54, 1.807) is 0 Å². The van der Waals surface area contributed by atoms with Gasteiger partial charge in [0.2, 0.25) is 35.4 Å². The first-order valence-electron chi connectivity index (χ1n) is 26.7. The highest BCUT2D eigenvalue weighted by Crippen LogP contribution is 2.45. The van der Waals surface area contributed by atoms with Gasteiger partial charge in [-0.1, -0.05) is 0 Å². The van der Waals surface area contributed by atoms with Crippen molar-refractivity contribution in [3.8, 4) is 138 Å². The molecule has 37 nitrogen and oxygen atoms in total. The van der Waals surface area contributed by atoms with Crippen molar-refractivity contribution in [1.82, 2.24) is 0 Å². The van der Waals surface area contributed by atoms with Crippen LogP contribution in [0.25, 0.3) is 0 Å². The smallest absolute Gasteiger partial charge is 0.343 e. The van der Waals surface area contributed by atoms with Gasteiger partial charge in [0.25, 0.3) is 0 Å². The lowest BCUT2D eigenvalue weighted by atomic mass is 10.0. The molecule has 0 saturated carbocycles. The van der Waals surface area contributed by atoms with Crippen molar-refractivity contribution in [2.24, 2.45) is 0 Å². The molecule has 1 heterocycles. The van der Waals surface area contributed by atoms with Gasteiger partial charge in [-0.15, -0.1) is 0 Å². The maximum Gasteiger partial charge on any atom is 0.343 e. The van der Waals surface area contributed by atoms with E-state index in [2.05, 4.69) is 0 Å². The summed E-state index contributed by atoms with van der Waals surface area (Å²) in [4.78, 5) is 111. The van der Waals surface area contributed by atoms with Gasteiger partial charge in [-0.2, -0.15) is 0 Å². The van der Waals surface area contributed by atoms with Crippen LogP contribution in [0.2, 0.25) is 0 Å². The zero-order chi connectivity index (χ0) is 71.8. The van der Waals surface area contributed by atoms with Gasteiger partial charge < -0.3 is 145 Å². The molecular weight excluding hydrogens is 1320 g/mol. The normalized spacial score (nSPS) is 14.8. The number of aromatic hydroxyl groups is 20. The van der Waals surface area contributed by atoms with E-state index in [0.29, 0.717) is 97.1 Å². The first kappa shape index (κ1) is 67.9. The molecule has 1 fully saturated rings. The van der Waals surface area contributed by atoms with Gasteiger partial charge in [0.15, 0.2) is 127 Å². The summed E-state index contributed by atoms with van der Waals surface area (Å²) in [7, 11) is 0. The minimum atomic E-state index is -2.74. The molecule has 1 aliphatic rings. The minimum absolute atomic E-state index is 0.414. The Morgan fingerprint density at radius 2 is 0.439 bits per heavy atom. The van der Waals surface area contributed by atoms with Gasteiger partial charge in [-0.3, -0.25) is 0 Å². The van der Waals surface area contributed by atoms with Crippen LogP contribution >= 0.6 is 0 Å². The predicted octanol–water partition coefficient (Wildman–Crippen LogP) is 3.87. The van der Waals surface area contributed by atoms with E-state index >= 15 is 0 Å². The number of phenolic OH excluding ortho intramolecular Hbond substituents is 20. The topological polar surface area (TPSA) is 624 Å². The highest BCUT2D eigenvalue weighted by molar-refractivity contribution is 5.99. The molecule has 98 heavy (non-hydrogen) atoms. The molecule has 0 radical (unpaired) electrons. The maximum atomic E-state index is 14.6. The fourth-order valence-electron chi connectivity index (χ4n) is 8.65. The van der Waals surface area contributed by atoms with E-state index in [1.807, 2.05) is 0 Å². The van der Waals surface area contributed by atoms with Crippen molar-refractivity contribution in [3.63, 3.8) is 0 Å². The Morgan fingerprint density at radius 3 is 0.684 bits per heavy atom. The van der Waals surface area contributed by atoms with Crippen LogP contribution in [0.5, 0.6) is 138 Å².